The Morgan fingerprint density at radius 2 is 2.16 bits per heavy atom. The summed E-state index contributed by atoms with van der Waals surface area (Å²) in [5, 5.41) is -0.713. The third-order valence-corrected chi connectivity index (χ3v) is 6.17. The van der Waals surface area contributed by atoms with Gasteiger partial charge in [-0.1, -0.05) is 6.92 Å². The molecule has 0 aromatic heterocycles. The number of carbonyl (C=O) groups excluding carboxylic acids is 1. The molecule has 1 atom stereocenters. The Morgan fingerprint density at radius 3 is 2.79 bits per heavy atom. The molecule has 1 rings (SSSR count). The predicted molar refractivity (Wildman–Crippen MR) is 75.0 cm³/mol. The van der Waals surface area contributed by atoms with Gasteiger partial charge in [-0.2, -0.15) is 11.8 Å². The lowest BCUT2D eigenvalue weighted by Crippen LogP contribution is -2.51. The van der Waals surface area contributed by atoms with E-state index in [0.29, 0.717) is 25.5 Å². The summed E-state index contributed by atoms with van der Waals surface area (Å²) < 4.78 is 33.9. The number of hydrogen-bond donors (Lipinski definition) is 0. The van der Waals surface area contributed by atoms with Crippen molar-refractivity contribution in [3.8, 4) is 0 Å². The fourth-order valence-electron chi connectivity index (χ4n) is 1.74. The summed E-state index contributed by atoms with van der Waals surface area (Å²) in [6.07, 6.45) is 0. The van der Waals surface area contributed by atoms with Gasteiger partial charge in [0, 0.05) is 30.9 Å². The Labute approximate surface area is 118 Å². The Morgan fingerprint density at radius 1 is 1.42 bits per heavy atom. The van der Waals surface area contributed by atoms with Gasteiger partial charge in [0.2, 0.25) is 5.91 Å². The normalized spacial score (nSPS) is 20.5. The summed E-state index contributed by atoms with van der Waals surface area (Å²) in [6, 6.07) is 0. The number of methoxy groups -OCH3 is 1. The minimum atomic E-state index is -3.25. The molecule has 0 spiro atoms. The maximum Gasteiger partial charge on any atom is 0.249 e. The number of ether oxygens (including phenoxy) is 2. The number of rotatable bonds is 7. The lowest BCUT2D eigenvalue weighted by atomic mass is 10.4. The van der Waals surface area contributed by atoms with Crippen LogP contribution in [0.4, 0.5) is 0 Å². The van der Waals surface area contributed by atoms with Crippen LogP contribution in [0, 0.1) is 0 Å². The first-order valence-corrected chi connectivity index (χ1v) is 9.05. The fraction of sp³-hybridized carbons (Fsp3) is 0.909. The van der Waals surface area contributed by atoms with Gasteiger partial charge >= 0.3 is 0 Å². The van der Waals surface area contributed by atoms with Crippen LogP contribution in [-0.2, 0) is 24.1 Å². The van der Waals surface area contributed by atoms with E-state index in [1.165, 1.54) is 4.90 Å². The van der Waals surface area contributed by atoms with Crippen molar-refractivity contribution in [2.45, 2.75) is 12.3 Å². The van der Waals surface area contributed by atoms with Crippen LogP contribution >= 0.6 is 11.8 Å². The maximum atomic E-state index is 12.0. The number of nitrogens with zero attached hydrogens (tertiary/aromatic N) is 1. The van der Waals surface area contributed by atoms with E-state index in [0.717, 1.165) is 5.75 Å². The quantitative estimate of drug-likeness (QED) is 0.616. The molecular weight excluding hydrogens is 290 g/mol. The molecule has 0 aromatic rings. The lowest BCUT2D eigenvalue weighted by Gasteiger charge is -2.34. The van der Waals surface area contributed by atoms with Gasteiger partial charge in [0.15, 0.2) is 9.84 Å². The third-order valence-electron chi connectivity index (χ3n) is 2.88. The second-order valence-electron chi connectivity index (χ2n) is 4.11. The van der Waals surface area contributed by atoms with Crippen LogP contribution < -0.4 is 0 Å². The van der Waals surface area contributed by atoms with Crippen molar-refractivity contribution in [2.24, 2.45) is 0 Å². The zero-order valence-corrected chi connectivity index (χ0v) is 13.0. The molecular formula is C11H21NO5S2. The molecule has 0 radical (unpaired) electrons. The van der Waals surface area contributed by atoms with Crippen LogP contribution in [0.1, 0.15) is 6.92 Å². The average Bonchev–Trinajstić information content (AvgIpc) is 2.43. The van der Waals surface area contributed by atoms with Gasteiger partial charge in [-0.15, -0.1) is 0 Å². The van der Waals surface area contributed by atoms with E-state index in [-0.39, 0.29) is 18.3 Å². The minimum Gasteiger partial charge on any atom is -0.382 e. The largest absolute Gasteiger partial charge is 0.382 e. The van der Waals surface area contributed by atoms with Gasteiger partial charge in [-0.25, -0.2) is 8.42 Å². The Kier molecular flexibility index (Phi) is 7.12. The van der Waals surface area contributed by atoms with Gasteiger partial charge in [-0.3, -0.25) is 4.79 Å². The van der Waals surface area contributed by atoms with E-state index < -0.39 is 15.2 Å². The topological polar surface area (TPSA) is 72.9 Å². The fourth-order valence-corrected chi connectivity index (χ4v) is 4.73. The highest BCUT2D eigenvalue weighted by atomic mass is 32.2. The maximum absolute atomic E-state index is 12.0. The van der Waals surface area contributed by atoms with Crippen LogP contribution in [0.15, 0.2) is 0 Å². The van der Waals surface area contributed by atoms with Gasteiger partial charge in [0.05, 0.1) is 13.2 Å². The van der Waals surface area contributed by atoms with E-state index >= 15 is 0 Å². The summed E-state index contributed by atoms with van der Waals surface area (Å²) >= 11 is 1.56. The van der Waals surface area contributed by atoms with Crippen LogP contribution in [-0.4, -0.2) is 75.3 Å². The first-order valence-electron chi connectivity index (χ1n) is 6.18. The van der Waals surface area contributed by atoms with Gasteiger partial charge in [-0.05, 0) is 0 Å². The van der Waals surface area contributed by atoms with E-state index in [1.54, 1.807) is 25.8 Å². The van der Waals surface area contributed by atoms with E-state index in [1.807, 2.05) is 0 Å². The average molecular weight is 311 g/mol. The van der Waals surface area contributed by atoms with Gasteiger partial charge < -0.3 is 14.4 Å². The second kappa shape index (κ2) is 8.08. The minimum absolute atomic E-state index is 0.0482. The second-order valence-corrected chi connectivity index (χ2v) is 7.71. The van der Waals surface area contributed by atoms with Crippen molar-refractivity contribution in [1.29, 1.82) is 0 Å². The number of carbonyl (C=O) groups is 1. The molecule has 0 aliphatic carbocycles. The molecule has 1 aliphatic heterocycles. The zero-order valence-electron chi connectivity index (χ0n) is 11.3. The molecule has 0 aromatic carbocycles. The predicted octanol–water partition coefficient (Wildman–Crippen LogP) is -0.0144. The molecule has 6 nitrogen and oxygen atoms in total. The molecule has 0 N–H and O–H groups in total. The molecule has 0 saturated carbocycles. The first kappa shape index (κ1) is 16.7. The Bertz CT molecular complexity index is 385. The van der Waals surface area contributed by atoms with Crippen molar-refractivity contribution in [3.63, 3.8) is 0 Å². The standard InChI is InChI=1S/C11H21NO5S2/c1-3-19(14,15)11-9-18-7-4-12(11)10(13)8-17-6-5-16-2/h11H,3-9H2,1-2H3. The number of amides is 1. The van der Waals surface area contributed by atoms with Crippen LogP contribution in [0.3, 0.4) is 0 Å². The molecule has 0 bridgehead atoms. The van der Waals surface area contributed by atoms with Crippen LogP contribution in [0.25, 0.3) is 0 Å². The molecule has 1 saturated heterocycles. The van der Waals surface area contributed by atoms with Crippen molar-refractivity contribution < 1.29 is 22.7 Å². The van der Waals surface area contributed by atoms with Crippen molar-refractivity contribution >= 4 is 27.5 Å². The first-order chi connectivity index (χ1) is 9.03. The Balaban J connectivity index is 2.59. The SMILES string of the molecule is CCS(=O)(=O)C1CSCCN1C(=O)COCCOC. The number of sulfone groups is 1. The monoisotopic (exact) mass is 311 g/mol. The van der Waals surface area contributed by atoms with Crippen molar-refractivity contribution in [3.05, 3.63) is 0 Å². The summed E-state index contributed by atoms with van der Waals surface area (Å²) in [5.41, 5.74) is 0. The molecule has 19 heavy (non-hydrogen) atoms. The Hall–Kier alpha value is -0.310. The van der Waals surface area contributed by atoms with Crippen LogP contribution in [0.2, 0.25) is 0 Å². The van der Waals surface area contributed by atoms with E-state index in [9.17, 15) is 13.2 Å². The molecule has 1 amide bonds. The molecule has 1 heterocycles. The van der Waals surface area contributed by atoms with E-state index in [4.69, 9.17) is 9.47 Å². The van der Waals surface area contributed by atoms with Crippen molar-refractivity contribution in [2.75, 3.05) is 50.7 Å². The lowest BCUT2D eigenvalue weighted by molar-refractivity contribution is -0.136. The highest BCUT2D eigenvalue weighted by Crippen LogP contribution is 2.21. The van der Waals surface area contributed by atoms with Crippen molar-refractivity contribution in [1.82, 2.24) is 4.90 Å². The van der Waals surface area contributed by atoms with Gasteiger partial charge in [0.1, 0.15) is 12.0 Å². The van der Waals surface area contributed by atoms with Crippen LogP contribution in [0.5, 0.6) is 0 Å². The van der Waals surface area contributed by atoms with E-state index in [2.05, 4.69) is 0 Å². The highest BCUT2D eigenvalue weighted by molar-refractivity contribution is 8.01. The molecule has 1 unspecified atom stereocenters. The summed E-state index contributed by atoms with van der Waals surface area (Å²) in [7, 11) is -1.69. The smallest absolute Gasteiger partial charge is 0.249 e. The molecule has 1 fully saturated rings. The summed E-state index contributed by atoms with van der Waals surface area (Å²) in [6.45, 7) is 2.72. The molecule has 8 heteroatoms. The third kappa shape index (κ3) is 4.94. The zero-order chi connectivity index (χ0) is 14.3. The number of thioether (sulfide) groups is 1. The molecule has 112 valence electrons. The highest BCUT2D eigenvalue weighted by Gasteiger charge is 2.35. The summed E-state index contributed by atoms with van der Waals surface area (Å²) in [4.78, 5) is 13.5. The van der Waals surface area contributed by atoms with Gasteiger partial charge in [0.25, 0.3) is 0 Å². The summed E-state index contributed by atoms with van der Waals surface area (Å²) in [5.74, 6) is 0.991. The molecule has 1 aliphatic rings. The number of hydrogen-bond acceptors (Lipinski definition) is 6.